The number of rotatable bonds is 6. The molecule has 0 saturated carbocycles. The minimum Gasteiger partial charge on any atom is -0.485 e. The van der Waals surface area contributed by atoms with Crippen molar-refractivity contribution in [2.24, 2.45) is 0 Å². The SMILES string of the molecule is O=C(Nc1ccccc1OCc1cscn1)c1cccc(N2CCNC2=O)c1. The van der Waals surface area contributed by atoms with Crippen LogP contribution in [0.3, 0.4) is 0 Å². The van der Waals surface area contributed by atoms with Crippen LogP contribution in [0.15, 0.2) is 59.4 Å². The summed E-state index contributed by atoms with van der Waals surface area (Å²) in [7, 11) is 0. The first-order chi connectivity index (χ1) is 13.7. The number of amides is 3. The highest BCUT2D eigenvalue weighted by Gasteiger charge is 2.22. The number of urea groups is 1. The van der Waals surface area contributed by atoms with Crippen molar-refractivity contribution < 1.29 is 14.3 Å². The number of aromatic nitrogens is 1. The van der Waals surface area contributed by atoms with Gasteiger partial charge < -0.3 is 15.4 Å². The Bertz CT molecular complexity index is 991. The summed E-state index contributed by atoms with van der Waals surface area (Å²) in [5.74, 6) is 0.296. The molecule has 2 aromatic carbocycles. The van der Waals surface area contributed by atoms with Gasteiger partial charge in [0.1, 0.15) is 12.4 Å². The Morgan fingerprint density at radius 3 is 2.93 bits per heavy atom. The third-order valence-corrected chi connectivity index (χ3v) is 4.91. The smallest absolute Gasteiger partial charge is 0.321 e. The maximum atomic E-state index is 12.8. The summed E-state index contributed by atoms with van der Waals surface area (Å²) in [6.07, 6.45) is 0. The second kappa shape index (κ2) is 8.10. The number of benzene rings is 2. The van der Waals surface area contributed by atoms with Crippen molar-refractivity contribution in [1.29, 1.82) is 0 Å². The molecule has 7 nitrogen and oxygen atoms in total. The summed E-state index contributed by atoms with van der Waals surface area (Å²) >= 11 is 1.51. The van der Waals surface area contributed by atoms with E-state index in [0.29, 0.717) is 42.4 Å². The average molecular weight is 394 g/mol. The number of hydrogen-bond donors (Lipinski definition) is 2. The molecule has 1 aliphatic heterocycles. The number of carbonyl (C=O) groups is 2. The number of anilines is 2. The first kappa shape index (κ1) is 18.0. The number of carbonyl (C=O) groups excluding carboxylic acids is 2. The van der Waals surface area contributed by atoms with E-state index in [-0.39, 0.29) is 11.9 Å². The van der Waals surface area contributed by atoms with Crippen molar-refractivity contribution in [2.45, 2.75) is 6.61 Å². The second-order valence-electron chi connectivity index (χ2n) is 6.15. The summed E-state index contributed by atoms with van der Waals surface area (Å²) in [6.45, 7) is 1.51. The van der Waals surface area contributed by atoms with Crippen molar-refractivity contribution in [3.05, 3.63) is 70.7 Å². The lowest BCUT2D eigenvalue weighted by atomic mass is 10.1. The van der Waals surface area contributed by atoms with Gasteiger partial charge in [0, 0.05) is 29.7 Å². The van der Waals surface area contributed by atoms with Crippen molar-refractivity contribution in [3.8, 4) is 5.75 Å². The molecule has 28 heavy (non-hydrogen) atoms. The molecule has 0 bridgehead atoms. The zero-order valence-electron chi connectivity index (χ0n) is 14.9. The Morgan fingerprint density at radius 1 is 1.25 bits per heavy atom. The van der Waals surface area contributed by atoms with E-state index in [1.165, 1.54) is 11.3 Å². The number of hydrogen-bond acceptors (Lipinski definition) is 5. The van der Waals surface area contributed by atoms with Gasteiger partial charge in [0.05, 0.1) is 16.9 Å². The highest BCUT2D eigenvalue weighted by atomic mass is 32.1. The lowest BCUT2D eigenvalue weighted by Gasteiger charge is -2.16. The molecule has 3 aromatic rings. The normalized spacial score (nSPS) is 13.3. The quantitative estimate of drug-likeness (QED) is 0.670. The number of nitrogens with one attached hydrogen (secondary N) is 2. The largest absolute Gasteiger partial charge is 0.485 e. The first-order valence-corrected chi connectivity index (χ1v) is 9.71. The number of ether oxygens (including phenoxy) is 1. The van der Waals surface area contributed by atoms with Crippen LogP contribution in [0, 0.1) is 0 Å². The summed E-state index contributed by atoms with van der Waals surface area (Å²) in [5.41, 5.74) is 4.32. The van der Waals surface area contributed by atoms with E-state index in [9.17, 15) is 9.59 Å². The molecule has 3 amide bonds. The minimum absolute atomic E-state index is 0.154. The highest BCUT2D eigenvalue weighted by molar-refractivity contribution is 7.07. The third-order valence-electron chi connectivity index (χ3n) is 4.27. The maximum absolute atomic E-state index is 12.8. The summed E-state index contributed by atoms with van der Waals surface area (Å²) in [6, 6.07) is 14.1. The molecule has 0 unspecified atom stereocenters. The van der Waals surface area contributed by atoms with Gasteiger partial charge in [0.25, 0.3) is 5.91 Å². The molecule has 0 radical (unpaired) electrons. The fourth-order valence-electron chi connectivity index (χ4n) is 2.88. The summed E-state index contributed by atoms with van der Waals surface area (Å²) in [4.78, 5) is 30.4. The van der Waals surface area contributed by atoms with Crippen molar-refractivity contribution >= 4 is 34.6 Å². The van der Waals surface area contributed by atoms with E-state index >= 15 is 0 Å². The molecule has 1 fully saturated rings. The molecule has 0 aliphatic carbocycles. The van der Waals surface area contributed by atoms with E-state index in [4.69, 9.17) is 4.74 Å². The van der Waals surface area contributed by atoms with E-state index in [1.54, 1.807) is 40.7 Å². The molecule has 1 aromatic heterocycles. The van der Waals surface area contributed by atoms with Gasteiger partial charge in [-0.3, -0.25) is 9.69 Å². The molecule has 142 valence electrons. The Morgan fingerprint density at radius 2 is 2.14 bits per heavy atom. The number of nitrogens with zero attached hydrogens (tertiary/aromatic N) is 2. The molecule has 2 heterocycles. The molecule has 1 aliphatic rings. The zero-order chi connectivity index (χ0) is 19.3. The number of thiazole rings is 1. The van der Waals surface area contributed by atoms with Crippen LogP contribution in [0.5, 0.6) is 5.75 Å². The monoisotopic (exact) mass is 394 g/mol. The van der Waals surface area contributed by atoms with Gasteiger partial charge in [-0.2, -0.15) is 0 Å². The fourth-order valence-corrected chi connectivity index (χ4v) is 3.43. The average Bonchev–Trinajstić information content (AvgIpc) is 3.39. The lowest BCUT2D eigenvalue weighted by molar-refractivity contribution is 0.102. The fraction of sp³-hybridized carbons (Fsp3) is 0.150. The Labute approximate surface area is 166 Å². The molecule has 0 atom stereocenters. The van der Waals surface area contributed by atoms with Crippen LogP contribution < -0.4 is 20.3 Å². The van der Waals surface area contributed by atoms with E-state index < -0.39 is 0 Å². The van der Waals surface area contributed by atoms with E-state index in [1.807, 2.05) is 23.6 Å². The van der Waals surface area contributed by atoms with Gasteiger partial charge in [0.15, 0.2) is 0 Å². The van der Waals surface area contributed by atoms with Gasteiger partial charge in [-0.05, 0) is 30.3 Å². The standard InChI is InChI=1S/C20H18N4O3S/c25-19(14-4-3-5-16(10-14)24-9-8-21-20(24)26)23-17-6-1-2-7-18(17)27-11-15-12-28-13-22-15/h1-7,10,12-13H,8-9,11H2,(H,21,26)(H,23,25). The van der Waals surface area contributed by atoms with Crippen molar-refractivity contribution in [1.82, 2.24) is 10.3 Å². The van der Waals surface area contributed by atoms with Crippen LogP contribution in [0.4, 0.5) is 16.2 Å². The second-order valence-corrected chi connectivity index (χ2v) is 6.87. The van der Waals surface area contributed by atoms with Gasteiger partial charge >= 0.3 is 6.03 Å². The van der Waals surface area contributed by atoms with Crippen LogP contribution in [0.25, 0.3) is 0 Å². The summed E-state index contributed by atoms with van der Waals surface area (Å²) in [5, 5.41) is 7.56. The first-order valence-electron chi connectivity index (χ1n) is 8.76. The molecule has 0 spiro atoms. The summed E-state index contributed by atoms with van der Waals surface area (Å²) < 4.78 is 5.81. The Balaban J connectivity index is 1.49. The minimum atomic E-state index is -0.272. The van der Waals surface area contributed by atoms with Gasteiger partial charge in [-0.15, -0.1) is 11.3 Å². The van der Waals surface area contributed by atoms with Crippen LogP contribution in [0.1, 0.15) is 16.1 Å². The molecule has 4 rings (SSSR count). The Hall–Kier alpha value is -3.39. The molecular weight excluding hydrogens is 376 g/mol. The lowest BCUT2D eigenvalue weighted by Crippen LogP contribution is -2.27. The predicted molar refractivity (Wildman–Crippen MR) is 108 cm³/mol. The van der Waals surface area contributed by atoms with Gasteiger partial charge in [-0.25, -0.2) is 9.78 Å². The van der Waals surface area contributed by atoms with Crippen LogP contribution >= 0.6 is 11.3 Å². The van der Waals surface area contributed by atoms with Gasteiger partial charge in [-0.1, -0.05) is 18.2 Å². The number of para-hydroxylation sites is 2. The highest BCUT2D eigenvalue weighted by Crippen LogP contribution is 2.26. The molecule has 1 saturated heterocycles. The van der Waals surface area contributed by atoms with Gasteiger partial charge in [0.2, 0.25) is 0 Å². The zero-order valence-corrected chi connectivity index (χ0v) is 15.7. The van der Waals surface area contributed by atoms with Crippen molar-refractivity contribution in [3.63, 3.8) is 0 Å². The van der Waals surface area contributed by atoms with Crippen LogP contribution in [-0.4, -0.2) is 30.0 Å². The topological polar surface area (TPSA) is 83.6 Å². The van der Waals surface area contributed by atoms with Crippen molar-refractivity contribution in [2.75, 3.05) is 23.3 Å². The van der Waals surface area contributed by atoms with E-state index in [2.05, 4.69) is 15.6 Å². The third kappa shape index (κ3) is 3.96. The van der Waals surface area contributed by atoms with Crippen LogP contribution in [0.2, 0.25) is 0 Å². The van der Waals surface area contributed by atoms with E-state index in [0.717, 1.165) is 5.69 Å². The maximum Gasteiger partial charge on any atom is 0.321 e. The molecule has 2 N–H and O–H groups in total. The molecular formula is C20H18N4O3S. The predicted octanol–water partition coefficient (Wildman–Crippen LogP) is 3.50. The Kier molecular flexibility index (Phi) is 5.20. The van der Waals surface area contributed by atoms with Crippen LogP contribution in [-0.2, 0) is 6.61 Å². The molecule has 8 heteroatoms.